The third-order valence-electron chi connectivity index (χ3n) is 7.03. The summed E-state index contributed by atoms with van der Waals surface area (Å²) in [6, 6.07) is 8.26. The number of aromatic nitrogens is 2. The lowest BCUT2D eigenvalue weighted by Gasteiger charge is -2.36. The second-order valence-corrected chi connectivity index (χ2v) is 9.90. The monoisotopic (exact) mass is 486 g/mol. The highest BCUT2D eigenvalue weighted by molar-refractivity contribution is 5.93. The van der Waals surface area contributed by atoms with E-state index < -0.39 is 17.9 Å². The van der Waals surface area contributed by atoms with Gasteiger partial charge in [0.15, 0.2) is 5.69 Å². The van der Waals surface area contributed by atoms with Gasteiger partial charge in [-0.1, -0.05) is 31.9 Å². The van der Waals surface area contributed by atoms with Gasteiger partial charge in [0.1, 0.15) is 11.8 Å². The number of nitrogens with zero attached hydrogens (tertiary/aromatic N) is 3. The zero-order chi connectivity index (χ0) is 24.8. The molecule has 1 saturated carbocycles. The van der Waals surface area contributed by atoms with Gasteiger partial charge in [-0.05, 0) is 69.3 Å². The van der Waals surface area contributed by atoms with Crippen molar-refractivity contribution < 1.29 is 18.3 Å². The van der Waals surface area contributed by atoms with E-state index >= 15 is 0 Å². The first-order valence-corrected chi connectivity index (χ1v) is 12.9. The van der Waals surface area contributed by atoms with Gasteiger partial charge in [0.05, 0.1) is 11.8 Å². The Labute approximate surface area is 206 Å². The summed E-state index contributed by atoms with van der Waals surface area (Å²) in [6.45, 7) is 2.50. The Kier molecular flexibility index (Phi) is 8.31. The van der Waals surface area contributed by atoms with Crippen LogP contribution < -0.4 is 10.1 Å². The number of carbonyl (C=O) groups is 1. The molecule has 2 heterocycles. The van der Waals surface area contributed by atoms with Gasteiger partial charge in [-0.3, -0.25) is 4.79 Å². The van der Waals surface area contributed by atoms with Crippen molar-refractivity contribution in [3.8, 4) is 16.9 Å². The highest BCUT2D eigenvalue weighted by Crippen LogP contribution is 2.30. The highest BCUT2D eigenvalue weighted by Gasteiger charge is 2.44. The van der Waals surface area contributed by atoms with Gasteiger partial charge < -0.3 is 15.0 Å². The maximum atomic E-state index is 14.4. The molecule has 2 aliphatic rings. The smallest absolute Gasteiger partial charge is 0.272 e. The van der Waals surface area contributed by atoms with Crippen LogP contribution in [0.5, 0.6) is 5.75 Å². The van der Waals surface area contributed by atoms with E-state index in [2.05, 4.69) is 22.4 Å². The van der Waals surface area contributed by atoms with Crippen LogP contribution in [0.25, 0.3) is 11.1 Å². The molecule has 1 saturated heterocycles. The minimum atomic E-state index is -2.95. The van der Waals surface area contributed by atoms with Crippen molar-refractivity contribution in [1.29, 1.82) is 0 Å². The molecule has 1 unspecified atom stereocenters. The molecule has 6 nitrogen and oxygen atoms in total. The maximum absolute atomic E-state index is 14.4. The molecule has 4 rings (SSSR count). The van der Waals surface area contributed by atoms with Crippen LogP contribution in [0.2, 0.25) is 0 Å². The average molecular weight is 487 g/mol. The molecule has 2 aromatic rings. The number of alkyl halides is 2. The van der Waals surface area contributed by atoms with Crippen LogP contribution in [0.15, 0.2) is 30.3 Å². The molecule has 2 fully saturated rings. The Morgan fingerprint density at radius 1 is 1.17 bits per heavy atom. The first-order valence-electron chi connectivity index (χ1n) is 12.9. The number of hydrogen-bond acceptors (Lipinski definition) is 5. The molecule has 1 N–H and O–H groups in total. The van der Waals surface area contributed by atoms with E-state index in [-0.39, 0.29) is 24.8 Å². The molecule has 0 radical (unpaired) electrons. The summed E-state index contributed by atoms with van der Waals surface area (Å²) in [5.74, 6) is -2.74. The molecule has 0 bridgehead atoms. The minimum absolute atomic E-state index is 0.0480. The van der Waals surface area contributed by atoms with Crippen molar-refractivity contribution >= 4 is 5.91 Å². The van der Waals surface area contributed by atoms with E-state index in [4.69, 9.17) is 4.74 Å². The van der Waals surface area contributed by atoms with Crippen molar-refractivity contribution in [2.45, 2.75) is 82.8 Å². The number of ether oxygens (including phenoxy) is 1. The predicted molar refractivity (Wildman–Crippen MR) is 132 cm³/mol. The largest absolute Gasteiger partial charge is 0.490 e. The molecule has 1 atom stereocenters. The first kappa shape index (κ1) is 25.5. The van der Waals surface area contributed by atoms with E-state index in [9.17, 15) is 13.6 Å². The molecule has 1 aromatic carbocycles. The lowest BCUT2D eigenvalue weighted by molar-refractivity contribution is -0.0768. The molecule has 1 aromatic heterocycles. The highest BCUT2D eigenvalue weighted by atomic mass is 19.3. The summed E-state index contributed by atoms with van der Waals surface area (Å²) in [4.78, 5) is 14.7. The zero-order valence-corrected chi connectivity index (χ0v) is 20.7. The predicted octanol–water partition coefficient (Wildman–Crippen LogP) is 5.27. The third-order valence-corrected chi connectivity index (χ3v) is 7.03. The molecule has 190 valence electrons. The second kappa shape index (κ2) is 11.4. The fraction of sp³-hybridized carbons (Fsp3) is 0.593. The lowest BCUT2D eigenvalue weighted by atomic mass is 9.97. The van der Waals surface area contributed by atoms with Gasteiger partial charge >= 0.3 is 0 Å². The van der Waals surface area contributed by atoms with Crippen molar-refractivity contribution in [1.82, 2.24) is 20.4 Å². The number of halogens is 2. The summed E-state index contributed by atoms with van der Waals surface area (Å²) >= 11 is 0. The summed E-state index contributed by atoms with van der Waals surface area (Å²) in [7, 11) is 1.77. The Hall–Kier alpha value is -2.61. The van der Waals surface area contributed by atoms with Gasteiger partial charge in [-0.15, -0.1) is 5.10 Å². The number of likely N-dealkylation sites (N-methyl/N-ethyl adjacent to an activating group) is 1. The summed E-state index contributed by atoms with van der Waals surface area (Å²) in [5, 5.41) is 10.9. The Balaban J connectivity index is 1.54. The number of nitrogens with one attached hydrogen (secondary N) is 1. The van der Waals surface area contributed by atoms with Crippen LogP contribution in [0.3, 0.4) is 0 Å². The molecule has 8 heteroatoms. The number of benzene rings is 1. The van der Waals surface area contributed by atoms with Crippen LogP contribution in [0, 0.1) is 0 Å². The van der Waals surface area contributed by atoms with Crippen molar-refractivity contribution in [3.05, 3.63) is 41.7 Å². The van der Waals surface area contributed by atoms with Gasteiger partial charge in [0, 0.05) is 25.1 Å². The van der Waals surface area contributed by atoms with Gasteiger partial charge in [-0.2, -0.15) is 5.10 Å². The van der Waals surface area contributed by atoms with E-state index in [1.807, 2.05) is 24.3 Å². The number of aryl methyl sites for hydroxylation is 1. The summed E-state index contributed by atoms with van der Waals surface area (Å²) in [5.41, 5.74) is 2.55. The van der Waals surface area contributed by atoms with Crippen LogP contribution in [0.1, 0.15) is 74.5 Å². The molecule has 0 spiro atoms. The molecule has 1 aliphatic carbocycles. The number of carbonyl (C=O) groups excluding carboxylic acids is 1. The first-order chi connectivity index (χ1) is 16.9. The van der Waals surface area contributed by atoms with Crippen LogP contribution in [-0.4, -0.2) is 59.2 Å². The SMILES string of the molecule is CCCCc1nnc(C(=O)NC2CN(C)CCC2(F)F)cc1-c1ccc(OC2CCCCC2)cc1. The number of hydrogen-bond donors (Lipinski definition) is 1. The zero-order valence-electron chi connectivity index (χ0n) is 20.7. The normalized spacial score (nSPS) is 21.0. The average Bonchev–Trinajstić information content (AvgIpc) is 2.86. The third kappa shape index (κ3) is 6.54. The number of likely N-dealkylation sites (tertiary alicyclic amines) is 1. The van der Waals surface area contributed by atoms with E-state index in [1.165, 1.54) is 19.3 Å². The molecule has 35 heavy (non-hydrogen) atoms. The van der Waals surface area contributed by atoms with Crippen LogP contribution in [-0.2, 0) is 6.42 Å². The van der Waals surface area contributed by atoms with E-state index in [1.54, 1.807) is 18.0 Å². The molecular weight excluding hydrogens is 450 g/mol. The van der Waals surface area contributed by atoms with Gasteiger partial charge in [0.2, 0.25) is 0 Å². The number of rotatable bonds is 8. The summed E-state index contributed by atoms with van der Waals surface area (Å²) in [6.07, 6.45) is 8.53. The topological polar surface area (TPSA) is 67.4 Å². The second-order valence-electron chi connectivity index (χ2n) is 9.90. The lowest BCUT2D eigenvalue weighted by Crippen LogP contribution is -2.57. The van der Waals surface area contributed by atoms with Crippen molar-refractivity contribution in [2.75, 3.05) is 20.1 Å². The fourth-order valence-corrected chi connectivity index (χ4v) is 4.83. The minimum Gasteiger partial charge on any atom is -0.490 e. The van der Waals surface area contributed by atoms with Crippen molar-refractivity contribution in [3.63, 3.8) is 0 Å². The number of amides is 1. The van der Waals surface area contributed by atoms with E-state index in [0.29, 0.717) is 6.54 Å². The van der Waals surface area contributed by atoms with Crippen LogP contribution >= 0.6 is 0 Å². The van der Waals surface area contributed by atoms with Gasteiger partial charge in [0.25, 0.3) is 11.8 Å². The standard InChI is InChI=1S/C27H36F2N4O2/c1-3-4-10-23-22(19-11-13-21(14-12-19)35-20-8-6-5-7-9-20)17-24(32-31-23)26(34)30-25-18-33(2)16-15-27(25,28)29/h11-14,17,20,25H,3-10,15-16,18H2,1-2H3,(H,30,34). The molecular formula is C27H36F2N4O2. The van der Waals surface area contributed by atoms with E-state index in [0.717, 1.165) is 54.7 Å². The number of unbranched alkanes of at least 4 members (excludes halogenated alkanes) is 1. The fourth-order valence-electron chi connectivity index (χ4n) is 4.83. The maximum Gasteiger partial charge on any atom is 0.272 e. The Bertz CT molecular complexity index is 993. The Morgan fingerprint density at radius 2 is 1.91 bits per heavy atom. The van der Waals surface area contributed by atoms with Crippen LogP contribution in [0.4, 0.5) is 8.78 Å². The number of piperidine rings is 1. The van der Waals surface area contributed by atoms with Crippen molar-refractivity contribution in [2.24, 2.45) is 0 Å². The molecule has 1 amide bonds. The molecule has 1 aliphatic heterocycles. The van der Waals surface area contributed by atoms with Gasteiger partial charge in [-0.25, -0.2) is 8.78 Å². The quantitative estimate of drug-likeness (QED) is 0.551. The summed E-state index contributed by atoms with van der Waals surface area (Å²) < 4.78 is 34.9. The Morgan fingerprint density at radius 3 is 2.63 bits per heavy atom.